The Hall–Kier alpha value is -2.43. The third-order valence-electron chi connectivity index (χ3n) is 1.90. The molecule has 0 atom stereocenters. The van der Waals surface area contributed by atoms with Crippen molar-refractivity contribution >= 4 is 11.4 Å². The van der Waals surface area contributed by atoms with Crippen LogP contribution in [0.15, 0.2) is 53.0 Å². The van der Waals surface area contributed by atoms with E-state index in [1.165, 1.54) is 24.4 Å². The minimum absolute atomic E-state index is 0.0475. The number of phenols is 2. The molecule has 0 saturated heterocycles. The molecule has 2 N–H and O–H groups in total. The summed E-state index contributed by atoms with van der Waals surface area (Å²) in [6.45, 7) is 0. The molecule has 0 radical (unpaired) electrons. The molecule has 0 bridgehead atoms. The molecule has 0 saturated carbocycles. The lowest BCUT2D eigenvalue weighted by atomic mass is 10.3. The SMILES string of the molecule is Oc1cccc(O)c1N=Nc1cccnc1. The number of hydrogen-bond donors (Lipinski definition) is 2. The summed E-state index contributed by atoms with van der Waals surface area (Å²) in [6, 6.07) is 7.81. The fourth-order valence-electron chi connectivity index (χ4n) is 1.14. The minimum Gasteiger partial charge on any atom is -0.505 e. The number of aromatic nitrogens is 1. The summed E-state index contributed by atoms with van der Waals surface area (Å²) in [7, 11) is 0. The monoisotopic (exact) mass is 215 g/mol. The van der Waals surface area contributed by atoms with Gasteiger partial charge in [0.1, 0.15) is 17.2 Å². The van der Waals surface area contributed by atoms with Crippen molar-refractivity contribution in [2.24, 2.45) is 10.2 Å². The Morgan fingerprint density at radius 1 is 0.938 bits per heavy atom. The van der Waals surface area contributed by atoms with Crippen LogP contribution in [0.2, 0.25) is 0 Å². The molecule has 0 fully saturated rings. The van der Waals surface area contributed by atoms with Crippen LogP contribution in [0.25, 0.3) is 0 Å². The lowest BCUT2D eigenvalue weighted by Crippen LogP contribution is -1.70. The third-order valence-corrected chi connectivity index (χ3v) is 1.90. The van der Waals surface area contributed by atoms with E-state index < -0.39 is 0 Å². The molecule has 5 nitrogen and oxygen atoms in total. The second kappa shape index (κ2) is 4.39. The van der Waals surface area contributed by atoms with Crippen molar-refractivity contribution in [3.63, 3.8) is 0 Å². The van der Waals surface area contributed by atoms with Crippen LogP contribution in [-0.2, 0) is 0 Å². The van der Waals surface area contributed by atoms with Gasteiger partial charge in [0.25, 0.3) is 0 Å². The van der Waals surface area contributed by atoms with E-state index in [1.54, 1.807) is 18.3 Å². The normalized spacial score (nSPS) is 10.8. The number of aromatic hydroxyl groups is 2. The van der Waals surface area contributed by atoms with Gasteiger partial charge in [-0.3, -0.25) is 4.98 Å². The molecule has 80 valence electrons. The second-order valence-corrected chi connectivity index (χ2v) is 3.06. The number of benzene rings is 1. The van der Waals surface area contributed by atoms with Crippen LogP contribution in [0.5, 0.6) is 11.5 Å². The van der Waals surface area contributed by atoms with E-state index >= 15 is 0 Å². The van der Waals surface area contributed by atoms with Gasteiger partial charge in [-0.2, -0.15) is 0 Å². The quantitative estimate of drug-likeness (QED) is 0.756. The van der Waals surface area contributed by atoms with Crippen molar-refractivity contribution < 1.29 is 10.2 Å². The summed E-state index contributed by atoms with van der Waals surface area (Å²) in [5.74, 6) is -0.236. The van der Waals surface area contributed by atoms with Crippen LogP contribution in [0.3, 0.4) is 0 Å². The van der Waals surface area contributed by atoms with Gasteiger partial charge in [0, 0.05) is 6.20 Å². The first-order valence-corrected chi connectivity index (χ1v) is 4.60. The number of azo groups is 1. The second-order valence-electron chi connectivity index (χ2n) is 3.06. The highest BCUT2D eigenvalue weighted by Gasteiger charge is 2.04. The van der Waals surface area contributed by atoms with Gasteiger partial charge in [0.2, 0.25) is 0 Å². The van der Waals surface area contributed by atoms with Crippen LogP contribution >= 0.6 is 0 Å². The van der Waals surface area contributed by atoms with Gasteiger partial charge in [0.05, 0.1) is 6.20 Å². The van der Waals surface area contributed by atoms with E-state index in [4.69, 9.17) is 0 Å². The van der Waals surface area contributed by atoms with E-state index in [9.17, 15) is 10.2 Å². The highest BCUT2D eigenvalue weighted by atomic mass is 16.3. The van der Waals surface area contributed by atoms with Crippen molar-refractivity contribution in [2.75, 3.05) is 0 Å². The maximum atomic E-state index is 9.44. The molecule has 5 heteroatoms. The highest BCUT2D eigenvalue weighted by Crippen LogP contribution is 2.36. The van der Waals surface area contributed by atoms with Crippen LogP contribution in [-0.4, -0.2) is 15.2 Å². The standard InChI is InChI=1S/C11H9N3O2/c15-9-4-1-5-10(16)11(9)14-13-8-3-2-6-12-7-8/h1-7,15-16H. The van der Waals surface area contributed by atoms with E-state index in [0.29, 0.717) is 5.69 Å². The number of pyridine rings is 1. The molecular formula is C11H9N3O2. The van der Waals surface area contributed by atoms with E-state index in [2.05, 4.69) is 15.2 Å². The topological polar surface area (TPSA) is 78.1 Å². The number of hydrogen-bond acceptors (Lipinski definition) is 5. The fraction of sp³-hybridized carbons (Fsp3) is 0. The molecular weight excluding hydrogens is 206 g/mol. The molecule has 0 aliphatic carbocycles. The number of nitrogens with zero attached hydrogens (tertiary/aromatic N) is 3. The molecule has 2 rings (SSSR count). The van der Waals surface area contributed by atoms with Crippen molar-refractivity contribution in [1.29, 1.82) is 0 Å². The van der Waals surface area contributed by atoms with Gasteiger partial charge in [-0.15, -0.1) is 10.2 Å². The summed E-state index contributed by atoms with van der Waals surface area (Å²) in [4.78, 5) is 3.86. The predicted molar refractivity (Wildman–Crippen MR) is 58.2 cm³/mol. The van der Waals surface area contributed by atoms with Crippen LogP contribution in [0.1, 0.15) is 0 Å². The zero-order chi connectivity index (χ0) is 11.4. The highest BCUT2D eigenvalue weighted by molar-refractivity contribution is 5.60. The van der Waals surface area contributed by atoms with Crippen molar-refractivity contribution in [1.82, 2.24) is 4.98 Å². The largest absolute Gasteiger partial charge is 0.505 e. The van der Waals surface area contributed by atoms with E-state index in [0.717, 1.165) is 0 Å². The van der Waals surface area contributed by atoms with Gasteiger partial charge in [0.15, 0.2) is 5.69 Å². The van der Waals surface area contributed by atoms with Gasteiger partial charge in [-0.05, 0) is 24.3 Å². The molecule has 1 heterocycles. The molecule has 0 aliphatic rings. The van der Waals surface area contributed by atoms with Gasteiger partial charge >= 0.3 is 0 Å². The third kappa shape index (κ3) is 2.14. The summed E-state index contributed by atoms with van der Waals surface area (Å²) in [5, 5.41) is 26.5. The Morgan fingerprint density at radius 2 is 1.69 bits per heavy atom. The maximum absolute atomic E-state index is 9.44. The fourth-order valence-corrected chi connectivity index (χ4v) is 1.14. The molecule has 2 aromatic rings. The Balaban J connectivity index is 2.31. The first kappa shape index (κ1) is 10.1. The Morgan fingerprint density at radius 3 is 2.31 bits per heavy atom. The molecule has 0 aliphatic heterocycles. The lowest BCUT2D eigenvalue weighted by molar-refractivity contribution is 0.452. The molecule has 1 aromatic heterocycles. The zero-order valence-corrected chi connectivity index (χ0v) is 8.28. The molecule has 16 heavy (non-hydrogen) atoms. The van der Waals surface area contributed by atoms with E-state index in [-0.39, 0.29) is 17.2 Å². The minimum atomic E-state index is -0.118. The number of rotatable bonds is 2. The summed E-state index contributed by atoms with van der Waals surface area (Å²) >= 11 is 0. The molecule has 0 amide bonds. The number of phenolic OH excluding ortho intramolecular Hbond substituents is 2. The zero-order valence-electron chi connectivity index (χ0n) is 8.28. The molecule has 0 unspecified atom stereocenters. The van der Waals surface area contributed by atoms with Gasteiger partial charge in [-0.25, -0.2) is 0 Å². The summed E-state index contributed by atoms with van der Waals surface area (Å²) < 4.78 is 0. The molecule has 0 spiro atoms. The average molecular weight is 215 g/mol. The summed E-state index contributed by atoms with van der Waals surface area (Å²) in [5.41, 5.74) is 0.594. The maximum Gasteiger partial charge on any atom is 0.169 e. The van der Waals surface area contributed by atoms with Crippen LogP contribution in [0, 0.1) is 0 Å². The first-order valence-electron chi connectivity index (χ1n) is 4.60. The predicted octanol–water partition coefficient (Wildman–Crippen LogP) is 2.91. The van der Waals surface area contributed by atoms with Gasteiger partial charge < -0.3 is 10.2 Å². The Kier molecular flexibility index (Phi) is 2.77. The first-order chi connectivity index (χ1) is 7.77. The average Bonchev–Trinajstić information content (AvgIpc) is 2.30. The smallest absolute Gasteiger partial charge is 0.169 e. The Bertz CT molecular complexity index is 492. The van der Waals surface area contributed by atoms with Crippen LogP contribution < -0.4 is 0 Å². The van der Waals surface area contributed by atoms with Crippen LogP contribution in [0.4, 0.5) is 11.4 Å². The van der Waals surface area contributed by atoms with Crippen molar-refractivity contribution in [3.8, 4) is 11.5 Å². The molecule has 1 aromatic carbocycles. The lowest BCUT2D eigenvalue weighted by Gasteiger charge is -1.99. The van der Waals surface area contributed by atoms with E-state index in [1.807, 2.05) is 0 Å². The Labute approximate surface area is 91.7 Å². The van der Waals surface area contributed by atoms with Gasteiger partial charge in [-0.1, -0.05) is 6.07 Å². The van der Waals surface area contributed by atoms with Crippen molar-refractivity contribution in [3.05, 3.63) is 42.7 Å². The summed E-state index contributed by atoms with van der Waals surface area (Å²) in [6.07, 6.45) is 3.15. The van der Waals surface area contributed by atoms with Crippen molar-refractivity contribution in [2.45, 2.75) is 0 Å².